The highest BCUT2D eigenvalue weighted by Crippen LogP contribution is 2.23. The summed E-state index contributed by atoms with van der Waals surface area (Å²) in [6.45, 7) is 4.26. The van der Waals surface area contributed by atoms with Crippen molar-refractivity contribution in [3.8, 4) is 0 Å². The molecule has 0 aromatic carbocycles. The van der Waals surface area contributed by atoms with Crippen molar-refractivity contribution >= 4 is 5.97 Å². The van der Waals surface area contributed by atoms with E-state index in [1.807, 2.05) is 6.92 Å². The van der Waals surface area contributed by atoms with Gasteiger partial charge in [0.15, 0.2) is 0 Å². The monoisotopic (exact) mass is 172 g/mol. The molecule has 0 aromatic heterocycles. The van der Waals surface area contributed by atoms with Crippen LogP contribution < -0.4 is 0 Å². The van der Waals surface area contributed by atoms with Crippen LogP contribution in [-0.4, -0.2) is 23.8 Å². The van der Waals surface area contributed by atoms with E-state index in [4.69, 9.17) is 4.74 Å². The highest BCUT2D eigenvalue weighted by atomic mass is 16.5. The number of hydrogen-bond donors (Lipinski definition) is 1. The zero-order valence-corrected chi connectivity index (χ0v) is 7.62. The van der Waals surface area contributed by atoms with Crippen LogP contribution in [0.5, 0.6) is 0 Å². The molecule has 0 amide bonds. The third-order valence-electron chi connectivity index (χ3n) is 2.52. The van der Waals surface area contributed by atoms with Gasteiger partial charge in [-0.1, -0.05) is 6.92 Å². The molecule has 3 atom stereocenters. The van der Waals surface area contributed by atoms with E-state index in [0.717, 1.165) is 12.8 Å². The molecule has 1 heterocycles. The minimum atomic E-state index is -0.335. The van der Waals surface area contributed by atoms with Gasteiger partial charge in [0, 0.05) is 0 Å². The second-order valence-electron chi connectivity index (χ2n) is 3.61. The molecule has 1 fully saturated rings. The molecule has 1 saturated heterocycles. The van der Waals surface area contributed by atoms with Crippen molar-refractivity contribution in [1.29, 1.82) is 0 Å². The van der Waals surface area contributed by atoms with Crippen LogP contribution in [0, 0.1) is 11.8 Å². The van der Waals surface area contributed by atoms with Crippen LogP contribution in [0.2, 0.25) is 0 Å². The van der Waals surface area contributed by atoms with Crippen LogP contribution in [0.3, 0.4) is 0 Å². The first kappa shape index (κ1) is 9.52. The Bertz CT molecular complexity index is 165. The van der Waals surface area contributed by atoms with Gasteiger partial charge in [-0.15, -0.1) is 0 Å². The second kappa shape index (κ2) is 3.90. The first-order valence-electron chi connectivity index (χ1n) is 4.46. The number of aliphatic hydroxyl groups excluding tert-OH is 1. The number of cyclic esters (lactones) is 1. The van der Waals surface area contributed by atoms with Crippen LogP contribution >= 0.6 is 0 Å². The van der Waals surface area contributed by atoms with Gasteiger partial charge < -0.3 is 9.84 Å². The molecule has 0 spiro atoms. The summed E-state index contributed by atoms with van der Waals surface area (Å²) in [4.78, 5) is 11.0. The minimum absolute atomic E-state index is 0.0228. The van der Waals surface area contributed by atoms with Gasteiger partial charge in [-0.3, -0.25) is 4.79 Å². The van der Waals surface area contributed by atoms with E-state index in [1.54, 1.807) is 6.92 Å². The number of carbonyl (C=O) groups excluding carboxylic acids is 1. The Hall–Kier alpha value is -0.570. The molecule has 1 aliphatic heterocycles. The maximum absolute atomic E-state index is 11.0. The molecule has 3 nitrogen and oxygen atoms in total. The van der Waals surface area contributed by atoms with Gasteiger partial charge in [-0.05, 0) is 25.7 Å². The average molecular weight is 172 g/mol. The van der Waals surface area contributed by atoms with Crippen molar-refractivity contribution in [2.45, 2.75) is 32.8 Å². The Labute approximate surface area is 72.7 Å². The van der Waals surface area contributed by atoms with Crippen LogP contribution in [0.1, 0.15) is 26.7 Å². The molecule has 0 bridgehead atoms. The molecule has 1 N–H and O–H groups in total. The Morgan fingerprint density at radius 3 is 2.75 bits per heavy atom. The van der Waals surface area contributed by atoms with Crippen LogP contribution in [0.4, 0.5) is 0 Å². The Balaban J connectivity index is 2.35. The summed E-state index contributed by atoms with van der Waals surface area (Å²) in [5.74, 6) is 0.109. The first-order chi connectivity index (χ1) is 5.61. The second-order valence-corrected chi connectivity index (χ2v) is 3.61. The lowest BCUT2D eigenvalue weighted by atomic mass is 9.92. The Kier molecular flexibility index (Phi) is 3.09. The lowest BCUT2D eigenvalue weighted by Gasteiger charge is -2.16. The molecule has 1 unspecified atom stereocenters. The molecular weight excluding hydrogens is 156 g/mol. The lowest BCUT2D eigenvalue weighted by molar-refractivity contribution is -0.141. The van der Waals surface area contributed by atoms with E-state index >= 15 is 0 Å². The zero-order valence-electron chi connectivity index (χ0n) is 7.62. The molecule has 0 aliphatic carbocycles. The molecule has 3 heteroatoms. The van der Waals surface area contributed by atoms with Crippen molar-refractivity contribution in [3.63, 3.8) is 0 Å². The van der Waals surface area contributed by atoms with Crippen molar-refractivity contribution < 1.29 is 14.6 Å². The Morgan fingerprint density at radius 2 is 2.33 bits per heavy atom. The first-order valence-corrected chi connectivity index (χ1v) is 4.46. The van der Waals surface area contributed by atoms with E-state index < -0.39 is 0 Å². The highest BCUT2D eigenvalue weighted by Gasteiger charge is 2.28. The van der Waals surface area contributed by atoms with E-state index in [2.05, 4.69) is 0 Å². The van der Waals surface area contributed by atoms with Crippen LogP contribution in [-0.2, 0) is 9.53 Å². The van der Waals surface area contributed by atoms with Crippen molar-refractivity contribution in [3.05, 3.63) is 0 Å². The third-order valence-corrected chi connectivity index (χ3v) is 2.52. The summed E-state index contributed by atoms with van der Waals surface area (Å²) in [6.07, 6.45) is 1.23. The number of carbonyl (C=O) groups is 1. The smallest absolute Gasteiger partial charge is 0.309 e. The van der Waals surface area contributed by atoms with Crippen LogP contribution in [0.15, 0.2) is 0 Å². The van der Waals surface area contributed by atoms with Crippen molar-refractivity contribution in [2.75, 3.05) is 6.61 Å². The van der Waals surface area contributed by atoms with Crippen molar-refractivity contribution in [2.24, 2.45) is 11.8 Å². The quantitative estimate of drug-likeness (QED) is 0.645. The summed E-state index contributed by atoms with van der Waals surface area (Å²) in [6, 6.07) is 0. The summed E-state index contributed by atoms with van der Waals surface area (Å²) in [5.41, 5.74) is 0. The standard InChI is InChI=1S/C9H16O3/c1-6(7(2)10)5-8-3-4-12-9(8)11/h6-8,10H,3-5H2,1-2H3/t6-,7?,8+/m0/s1. The molecule has 0 aromatic rings. The maximum Gasteiger partial charge on any atom is 0.309 e. The molecule has 70 valence electrons. The summed E-state index contributed by atoms with van der Waals surface area (Å²) < 4.78 is 4.83. The number of ether oxygens (including phenoxy) is 1. The number of rotatable bonds is 3. The molecule has 1 rings (SSSR count). The summed E-state index contributed by atoms with van der Waals surface area (Å²) >= 11 is 0. The van der Waals surface area contributed by atoms with Gasteiger partial charge in [-0.2, -0.15) is 0 Å². The topological polar surface area (TPSA) is 46.5 Å². The average Bonchev–Trinajstić information content (AvgIpc) is 2.36. The molecule has 0 saturated carbocycles. The fraction of sp³-hybridized carbons (Fsp3) is 0.889. The van der Waals surface area contributed by atoms with Gasteiger partial charge >= 0.3 is 5.97 Å². The highest BCUT2D eigenvalue weighted by molar-refractivity contribution is 5.74. The minimum Gasteiger partial charge on any atom is -0.465 e. The molecule has 0 radical (unpaired) electrons. The summed E-state index contributed by atoms with van der Waals surface area (Å²) in [5, 5.41) is 9.22. The lowest BCUT2D eigenvalue weighted by Crippen LogP contribution is -2.19. The van der Waals surface area contributed by atoms with Crippen LogP contribution in [0.25, 0.3) is 0 Å². The van der Waals surface area contributed by atoms with Gasteiger partial charge in [0.05, 0.1) is 18.6 Å². The molecular formula is C9H16O3. The fourth-order valence-corrected chi connectivity index (χ4v) is 1.40. The third kappa shape index (κ3) is 2.21. The van der Waals surface area contributed by atoms with E-state index in [-0.39, 0.29) is 23.9 Å². The van der Waals surface area contributed by atoms with E-state index in [1.165, 1.54) is 0 Å². The predicted octanol–water partition coefficient (Wildman–Crippen LogP) is 0.956. The predicted molar refractivity (Wildman–Crippen MR) is 44.5 cm³/mol. The van der Waals surface area contributed by atoms with E-state index in [0.29, 0.717) is 6.61 Å². The van der Waals surface area contributed by atoms with Gasteiger partial charge in [0.25, 0.3) is 0 Å². The largest absolute Gasteiger partial charge is 0.465 e. The number of hydrogen-bond acceptors (Lipinski definition) is 3. The van der Waals surface area contributed by atoms with Gasteiger partial charge in [0.2, 0.25) is 0 Å². The van der Waals surface area contributed by atoms with Gasteiger partial charge in [-0.25, -0.2) is 0 Å². The van der Waals surface area contributed by atoms with E-state index in [9.17, 15) is 9.90 Å². The fourth-order valence-electron chi connectivity index (χ4n) is 1.40. The number of esters is 1. The van der Waals surface area contributed by atoms with Gasteiger partial charge in [0.1, 0.15) is 0 Å². The normalized spacial score (nSPS) is 28.2. The maximum atomic E-state index is 11.0. The van der Waals surface area contributed by atoms with Crippen molar-refractivity contribution in [1.82, 2.24) is 0 Å². The molecule has 1 aliphatic rings. The molecule has 12 heavy (non-hydrogen) atoms. The Morgan fingerprint density at radius 1 is 1.67 bits per heavy atom. The SMILES string of the molecule is CC(O)[C@@H](C)C[C@H]1CCOC1=O. The zero-order chi connectivity index (χ0) is 9.14. The number of aliphatic hydroxyl groups is 1. The summed E-state index contributed by atoms with van der Waals surface area (Å²) in [7, 11) is 0.